The molecule has 0 bridgehead atoms. The molecule has 1 aromatic heterocycles. The lowest BCUT2D eigenvalue weighted by Crippen LogP contribution is -2.29. The van der Waals surface area contributed by atoms with Crippen molar-refractivity contribution < 1.29 is 8.81 Å². The maximum atomic E-state index is 13.1. The second-order valence-corrected chi connectivity index (χ2v) is 3.43. The number of rotatable bonds is 3. The lowest BCUT2D eigenvalue weighted by Gasteiger charge is -2.16. The van der Waals surface area contributed by atoms with E-state index in [1.165, 1.54) is 30.7 Å². The second-order valence-electron chi connectivity index (χ2n) is 3.43. The van der Waals surface area contributed by atoms with Crippen LogP contribution in [0.2, 0.25) is 0 Å². The summed E-state index contributed by atoms with van der Waals surface area (Å²) in [4.78, 5) is 0. The molecule has 1 aromatic carbocycles. The third kappa shape index (κ3) is 1.91. The normalized spacial score (nSPS) is 12.6. The fraction of sp³-hybridized carbons (Fsp3) is 0.0909. The summed E-state index contributed by atoms with van der Waals surface area (Å²) in [5.74, 6) is 5.09. The summed E-state index contributed by atoms with van der Waals surface area (Å²) in [5.41, 5.74) is 10.2. The standard InChI is InChI=1S/C11H12FN3O/c12-8-1-2-10(13)9(5-8)11(15-14)7-3-4-16-6-7/h1-6,11,15H,13-14H2. The highest BCUT2D eigenvalue weighted by Gasteiger charge is 2.16. The molecule has 0 saturated carbocycles. The van der Waals surface area contributed by atoms with Crippen molar-refractivity contribution >= 4 is 5.69 Å². The molecular weight excluding hydrogens is 209 g/mol. The molecule has 0 radical (unpaired) electrons. The van der Waals surface area contributed by atoms with Crippen molar-refractivity contribution in [3.63, 3.8) is 0 Å². The maximum absolute atomic E-state index is 13.1. The third-order valence-corrected chi connectivity index (χ3v) is 2.40. The van der Waals surface area contributed by atoms with E-state index in [9.17, 15) is 4.39 Å². The molecule has 4 nitrogen and oxygen atoms in total. The first kappa shape index (κ1) is 10.7. The Balaban J connectivity index is 2.44. The van der Waals surface area contributed by atoms with Crippen LogP contribution in [0, 0.1) is 5.82 Å². The van der Waals surface area contributed by atoms with E-state index in [4.69, 9.17) is 16.0 Å². The summed E-state index contributed by atoms with van der Waals surface area (Å²) in [6.07, 6.45) is 3.06. The number of hydrogen-bond acceptors (Lipinski definition) is 4. The molecule has 1 atom stereocenters. The Labute approximate surface area is 92.0 Å². The topological polar surface area (TPSA) is 77.2 Å². The van der Waals surface area contributed by atoms with Crippen molar-refractivity contribution in [1.82, 2.24) is 5.43 Å². The summed E-state index contributed by atoms with van der Waals surface area (Å²) < 4.78 is 18.1. The number of hydrogen-bond donors (Lipinski definition) is 3. The van der Waals surface area contributed by atoms with Crippen LogP contribution < -0.4 is 17.0 Å². The van der Waals surface area contributed by atoms with Crippen molar-refractivity contribution in [3.05, 3.63) is 53.7 Å². The average molecular weight is 221 g/mol. The van der Waals surface area contributed by atoms with Gasteiger partial charge in [0.2, 0.25) is 0 Å². The third-order valence-electron chi connectivity index (χ3n) is 2.40. The quantitative estimate of drug-likeness (QED) is 0.417. The summed E-state index contributed by atoms with van der Waals surface area (Å²) in [6.45, 7) is 0. The lowest BCUT2D eigenvalue weighted by molar-refractivity contribution is 0.552. The number of nitrogens with two attached hydrogens (primary N) is 2. The minimum atomic E-state index is -0.380. The van der Waals surface area contributed by atoms with Crippen LogP contribution in [-0.2, 0) is 0 Å². The molecule has 84 valence electrons. The fourth-order valence-corrected chi connectivity index (χ4v) is 1.60. The minimum absolute atomic E-state index is 0.354. The smallest absolute Gasteiger partial charge is 0.123 e. The van der Waals surface area contributed by atoms with Gasteiger partial charge in [0.1, 0.15) is 5.82 Å². The van der Waals surface area contributed by atoms with Gasteiger partial charge in [-0.05, 0) is 24.3 Å². The van der Waals surface area contributed by atoms with E-state index in [0.717, 1.165) is 5.56 Å². The van der Waals surface area contributed by atoms with E-state index >= 15 is 0 Å². The van der Waals surface area contributed by atoms with Crippen LogP contribution in [0.5, 0.6) is 0 Å². The number of furan rings is 1. The van der Waals surface area contributed by atoms with Gasteiger partial charge >= 0.3 is 0 Å². The van der Waals surface area contributed by atoms with Crippen molar-refractivity contribution in [2.45, 2.75) is 6.04 Å². The summed E-state index contributed by atoms with van der Waals surface area (Å²) >= 11 is 0. The molecule has 0 saturated heterocycles. The predicted octanol–water partition coefficient (Wildman–Crippen LogP) is 1.55. The highest BCUT2D eigenvalue weighted by atomic mass is 19.1. The van der Waals surface area contributed by atoms with Gasteiger partial charge in [-0.3, -0.25) is 5.84 Å². The highest BCUT2D eigenvalue weighted by Crippen LogP contribution is 2.26. The summed E-state index contributed by atoms with van der Waals surface area (Å²) in [5, 5.41) is 0. The molecule has 0 amide bonds. The van der Waals surface area contributed by atoms with E-state index in [1.807, 2.05) is 0 Å². The van der Waals surface area contributed by atoms with Crippen LogP contribution in [-0.4, -0.2) is 0 Å². The van der Waals surface area contributed by atoms with Crippen LogP contribution in [0.4, 0.5) is 10.1 Å². The predicted molar refractivity (Wildman–Crippen MR) is 58.7 cm³/mol. The maximum Gasteiger partial charge on any atom is 0.123 e. The van der Waals surface area contributed by atoms with Crippen molar-refractivity contribution in [1.29, 1.82) is 0 Å². The van der Waals surface area contributed by atoms with E-state index in [-0.39, 0.29) is 11.9 Å². The van der Waals surface area contributed by atoms with Gasteiger partial charge in [0.25, 0.3) is 0 Å². The Morgan fingerprint density at radius 1 is 1.31 bits per heavy atom. The number of nitrogen functional groups attached to an aromatic ring is 1. The fourth-order valence-electron chi connectivity index (χ4n) is 1.60. The molecule has 2 rings (SSSR count). The first-order valence-corrected chi connectivity index (χ1v) is 4.75. The molecule has 0 spiro atoms. The molecule has 5 N–H and O–H groups in total. The van der Waals surface area contributed by atoms with Crippen LogP contribution in [0.25, 0.3) is 0 Å². The Morgan fingerprint density at radius 3 is 2.75 bits per heavy atom. The monoisotopic (exact) mass is 221 g/mol. The van der Waals surface area contributed by atoms with Gasteiger partial charge in [0.15, 0.2) is 0 Å². The van der Waals surface area contributed by atoms with Gasteiger partial charge in [-0.25, -0.2) is 9.82 Å². The zero-order valence-corrected chi connectivity index (χ0v) is 8.48. The first-order valence-electron chi connectivity index (χ1n) is 4.75. The zero-order chi connectivity index (χ0) is 11.5. The van der Waals surface area contributed by atoms with Crippen molar-refractivity contribution in [3.8, 4) is 0 Å². The van der Waals surface area contributed by atoms with Gasteiger partial charge in [-0.1, -0.05) is 0 Å². The molecule has 0 aliphatic carbocycles. The van der Waals surface area contributed by atoms with E-state index in [0.29, 0.717) is 11.3 Å². The van der Waals surface area contributed by atoms with Gasteiger partial charge < -0.3 is 10.2 Å². The van der Waals surface area contributed by atoms with E-state index in [1.54, 1.807) is 6.07 Å². The molecular formula is C11H12FN3O. The summed E-state index contributed by atoms with van der Waals surface area (Å²) in [7, 11) is 0. The number of halogens is 1. The van der Waals surface area contributed by atoms with Crippen molar-refractivity contribution in [2.24, 2.45) is 5.84 Å². The molecule has 2 aromatic rings. The van der Waals surface area contributed by atoms with Crippen LogP contribution in [0.3, 0.4) is 0 Å². The molecule has 0 aliphatic rings. The Hall–Kier alpha value is -1.85. The second kappa shape index (κ2) is 4.34. The number of benzene rings is 1. The molecule has 1 heterocycles. The van der Waals surface area contributed by atoms with E-state index < -0.39 is 0 Å². The molecule has 5 heteroatoms. The Kier molecular flexibility index (Phi) is 2.89. The molecule has 0 fully saturated rings. The lowest BCUT2D eigenvalue weighted by atomic mass is 10.00. The molecule has 16 heavy (non-hydrogen) atoms. The van der Waals surface area contributed by atoms with Crippen LogP contribution >= 0.6 is 0 Å². The van der Waals surface area contributed by atoms with E-state index in [2.05, 4.69) is 5.43 Å². The first-order chi connectivity index (χ1) is 7.72. The highest BCUT2D eigenvalue weighted by molar-refractivity contribution is 5.51. The van der Waals surface area contributed by atoms with Gasteiger partial charge in [-0.2, -0.15) is 0 Å². The molecule has 1 unspecified atom stereocenters. The van der Waals surface area contributed by atoms with Gasteiger partial charge in [-0.15, -0.1) is 0 Å². The van der Waals surface area contributed by atoms with Crippen LogP contribution in [0.15, 0.2) is 41.2 Å². The number of anilines is 1. The SMILES string of the molecule is NNC(c1ccoc1)c1cc(F)ccc1N. The number of nitrogens with one attached hydrogen (secondary N) is 1. The Morgan fingerprint density at radius 2 is 2.12 bits per heavy atom. The average Bonchev–Trinajstić information content (AvgIpc) is 2.78. The van der Waals surface area contributed by atoms with Crippen molar-refractivity contribution in [2.75, 3.05) is 5.73 Å². The zero-order valence-electron chi connectivity index (χ0n) is 8.48. The molecule has 0 aliphatic heterocycles. The van der Waals surface area contributed by atoms with Gasteiger partial charge in [0.05, 0.1) is 18.6 Å². The minimum Gasteiger partial charge on any atom is -0.472 e. The van der Waals surface area contributed by atoms with Gasteiger partial charge in [0, 0.05) is 16.8 Å². The van der Waals surface area contributed by atoms with Crippen LogP contribution in [0.1, 0.15) is 17.2 Å². The largest absolute Gasteiger partial charge is 0.472 e. The Bertz CT molecular complexity index is 470. The number of hydrazine groups is 1. The summed E-state index contributed by atoms with van der Waals surface area (Å²) in [6, 6.07) is 5.54.